The van der Waals surface area contributed by atoms with Crippen molar-refractivity contribution in [2.24, 2.45) is 0 Å². The number of aryl methyl sites for hydroxylation is 1. The van der Waals surface area contributed by atoms with Crippen LogP contribution in [0.5, 0.6) is 0 Å². The van der Waals surface area contributed by atoms with Crippen molar-refractivity contribution in [3.05, 3.63) is 21.5 Å². The van der Waals surface area contributed by atoms with E-state index in [1.807, 2.05) is 0 Å². The standard InChI is InChI=1S/C7H9N3O4/c1-3-14-7(11)5-6(10(12)13)4(2)8-9-5/h3H2,1-2H3,(H,8,9). The van der Waals surface area contributed by atoms with Crippen LogP contribution in [0.2, 0.25) is 0 Å². The van der Waals surface area contributed by atoms with Gasteiger partial charge in [0.15, 0.2) is 0 Å². The Morgan fingerprint density at radius 1 is 1.71 bits per heavy atom. The van der Waals surface area contributed by atoms with Crippen LogP contribution in [0.15, 0.2) is 0 Å². The quantitative estimate of drug-likeness (QED) is 0.441. The first kappa shape index (κ1) is 10.2. The number of hydrogen-bond acceptors (Lipinski definition) is 5. The van der Waals surface area contributed by atoms with E-state index in [2.05, 4.69) is 14.9 Å². The maximum Gasteiger partial charge on any atom is 0.363 e. The van der Waals surface area contributed by atoms with Crippen LogP contribution in [0.1, 0.15) is 23.1 Å². The van der Waals surface area contributed by atoms with E-state index in [-0.39, 0.29) is 23.7 Å². The zero-order valence-corrected chi connectivity index (χ0v) is 7.73. The van der Waals surface area contributed by atoms with Crippen molar-refractivity contribution in [2.45, 2.75) is 13.8 Å². The highest BCUT2D eigenvalue weighted by atomic mass is 16.6. The van der Waals surface area contributed by atoms with Crippen molar-refractivity contribution in [3.63, 3.8) is 0 Å². The van der Waals surface area contributed by atoms with Crippen molar-refractivity contribution in [1.82, 2.24) is 10.2 Å². The van der Waals surface area contributed by atoms with Gasteiger partial charge in [-0.15, -0.1) is 0 Å². The van der Waals surface area contributed by atoms with Gasteiger partial charge in [-0.25, -0.2) is 4.79 Å². The van der Waals surface area contributed by atoms with E-state index in [4.69, 9.17) is 0 Å². The summed E-state index contributed by atoms with van der Waals surface area (Å²) in [6, 6.07) is 0. The van der Waals surface area contributed by atoms with Crippen LogP contribution in [-0.4, -0.2) is 27.7 Å². The molecule has 0 saturated carbocycles. The summed E-state index contributed by atoms with van der Waals surface area (Å²) >= 11 is 0. The van der Waals surface area contributed by atoms with Crippen LogP contribution < -0.4 is 0 Å². The van der Waals surface area contributed by atoms with Crippen LogP contribution in [0.4, 0.5) is 5.69 Å². The lowest BCUT2D eigenvalue weighted by atomic mass is 10.3. The first-order chi connectivity index (χ1) is 6.57. The number of nitrogens with one attached hydrogen (secondary N) is 1. The minimum atomic E-state index is -0.764. The lowest BCUT2D eigenvalue weighted by molar-refractivity contribution is -0.385. The van der Waals surface area contributed by atoms with Gasteiger partial charge < -0.3 is 4.74 Å². The average Bonchev–Trinajstić information content (AvgIpc) is 2.47. The summed E-state index contributed by atoms with van der Waals surface area (Å²) in [5.41, 5.74) is -0.379. The fraction of sp³-hybridized carbons (Fsp3) is 0.429. The first-order valence-electron chi connectivity index (χ1n) is 3.94. The van der Waals surface area contributed by atoms with E-state index in [0.717, 1.165) is 0 Å². The van der Waals surface area contributed by atoms with Crippen molar-refractivity contribution in [1.29, 1.82) is 0 Å². The Morgan fingerprint density at radius 2 is 2.36 bits per heavy atom. The Labute approximate surface area is 79.2 Å². The molecule has 14 heavy (non-hydrogen) atoms. The number of carbonyl (C=O) groups excluding carboxylic acids is 1. The molecule has 0 aliphatic carbocycles. The Morgan fingerprint density at radius 3 is 2.86 bits per heavy atom. The second kappa shape index (κ2) is 3.86. The number of nitrogens with zero attached hydrogens (tertiary/aromatic N) is 2. The van der Waals surface area contributed by atoms with Crippen LogP contribution in [0.25, 0.3) is 0 Å². The molecule has 0 atom stereocenters. The van der Waals surface area contributed by atoms with Gasteiger partial charge in [0.25, 0.3) is 0 Å². The molecule has 0 aliphatic heterocycles. The molecular formula is C7H9N3O4. The van der Waals surface area contributed by atoms with Gasteiger partial charge in [0, 0.05) is 0 Å². The number of rotatable bonds is 3. The summed E-state index contributed by atoms with van der Waals surface area (Å²) in [5.74, 6) is -0.764. The van der Waals surface area contributed by atoms with E-state index in [9.17, 15) is 14.9 Å². The second-order valence-corrected chi connectivity index (χ2v) is 2.51. The molecule has 0 amide bonds. The number of aromatic amines is 1. The third-order valence-corrected chi connectivity index (χ3v) is 1.58. The lowest BCUT2D eigenvalue weighted by Crippen LogP contribution is -2.07. The Kier molecular flexibility index (Phi) is 2.80. The summed E-state index contributed by atoms with van der Waals surface area (Å²) in [6.45, 7) is 3.22. The Hall–Kier alpha value is -1.92. The number of nitro groups is 1. The highest BCUT2D eigenvalue weighted by Gasteiger charge is 2.27. The van der Waals surface area contributed by atoms with E-state index < -0.39 is 10.9 Å². The predicted octanol–water partition coefficient (Wildman–Crippen LogP) is 0.803. The van der Waals surface area contributed by atoms with Gasteiger partial charge in [0.1, 0.15) is 5.69 Å². The molecule has 1 heterocycles. The van der Waals surface area contributed by atoms with Crippen LogP contribution >= 0.6 is 0 Å². The molecule has 7 nitrogen and oxygen atoms in total. The fourth-order valence-corrected chi connectivity index (χ4v) is 0.996. The minimum Gasteiger partial charge on any atom is -0.461 e. The number of esters is 1. The normalized spacial score (nSPS) is 9.86. The fourth-order valence-electron chi connectivity index (χ4n) is 0.996. The molecule has 76 valence electrons. The van der Waals surface area contributed by atoms with E-state index in [1.54, 1.807) is 6.92 Å². The molecule has 0 bridgehead atoms. The Bertz CT molecular complexity index is 371. The summed E-state index contributed by atoms with van der Waals surface area (Å²) in [6.07, 6.45) is 0. The zero-order chi connectivity index (χ0) is 10.7. The molecule has 0 aromatic carbocycles. The second-order valence-electron chi connectivity index (χ2n) is 2.51. The molecule has 1 rings (SSSR count). The van der Waals surface area contributed by atoms with Crippen molar-refractivity contribution < 1.29 is 14.5 Å². The highest BCUT2D eigenvalue weighted by Crippen LogP contribution is 2.20. The number of carbonyl (C=O) groups is 1. The molecule has 0 aliphatic rings. The van der Waals surface area contributed by atoms with Gasteiger partial charge in [-0.1, -0.05) is 0 Å². The first-order valence-corrected chi connectivity index (χ1v) is 3.94. The van der Waals surface area contributed by atoms with Crippen molar-refractivity contribution in [3.8, 4) is 0 Å². The SMILES string of the molecule is CCOC(=O)c1[nH]nc(C)c1[N+](=O)[O-]. The molecule has 0 saturated heterocycles. The largest absolute Gasteiger partial charge is 0.461 e. The van der Waals surface area contributed by atoms with Crippen LogP contribution in [0.3, 0.4) is 0 Å². The molecule has 0 spiro atoms. The summed E-state index contributed by atoms with van der Waals surface area (Å²) in [5, 5.41) is 16.4. The van der Waals surface area contributed by atoms with Gasteiger partial charge in [-0.2, -0.15) is 5.10 Å². The summed E-state index contributed by atoms with van der Waals surface area (Å²) in [4.78, 5) is 21.1. The monoisotopic (exact) mass is 199 g/mol. The smallest absolute Gasteiger partial charge is 0.363 e. The maximum absolute atomic E-state index is 11.2. The van der Waals surface area contributed by atoms with Gasteiger partial charge in [-0.05, 0) is 13.8 Å². The Balaban J connectivity index is 3.09. The molecule has 0 unspecified atom stereocenters. The third kappa shape index (κ3) is 1.70. The molecule has 0 radical (unpaired) electrons. The lowest BCUT2D eigenvalue weighted by Gasteiger charge is -1.97. The third-order valence-electron chi connectivity index (χ3n) is 1.58. The molecular weight excluding hydrogens is 190 g/mol. The predicted molar refractivity (Wildman–Crippen MR) is 45.9 cm³/mol. The maximum atomic E-state index is 11.2. The molecule has 7 heteroatoms. The summed E-state index contributed by atoms with van der Waals surface area (Å²) < 4.78 is 4.62. The number of ether oxygens (including phenoxy) is 1. The minimum absolute atomic E-state index is 0.161. The van der Waals surface area contributed by atoms with Crippen LogP contribution in [-0.2, 0) is 4.74 Å². The van der Waals surface area contributed by atoms with Gasteiger partial charge in [0.2, 0.25) is 5.69 Å². The molecule has 1 aromatic rings. The number of hydrogen-bond donors (Lipinski definition) is 1. The summed E-state index contributed by atoms with van der Waals surface area (Å²) in [7, 11) is 0. The molecule has 1 aromatic heterocycles. The number of H-pyrrole nitrogens is 1. The topological polar surface area (TPSA) is 98.1 Å². The van der Waals surface area contributed by atoms with E-state index in [0.29, 0.717) is 0 Å². The van der Waals surface area contributed by atoms with E-state index in [1.165, 1.54) is 6.92 Å². The average molecular weight is 199 g/mol. The number of aromatic nitrogens is 2. The zero-order valence-electron chi connectivity index (χ0n) is 7.73. The highest BCUT2D eigenvalue weighted by molar-refractivity contribution is 5.92. The van der Waals surface area contributed by atoms with Crippen molar-refractivity contribution >= 4 is 11.7 Å². The van der Waals surface area contributed by atoms with Crippen molar-refractivity contribution in [2.75, 3.05) is 6.61 Å². The van der Waals surface area contributed by atoms with Gasteiger partial charge in [0.05, 0.1) is 11.5 Å². The van der Waals surface area contributed by atoms with Crippen LogP contribution in [0, 0.1) is 17.0 Å². The molecule has 0 fully saturated rings. The van der Waals surface area contributed by atoms with Gasteiger partial charge >= 0.3 is 11.7 Å². The van der Waals surface area contributed by atoms with E-state index >= 15 is 0 Å². The molecule has 1 N–H and O–H groups in total. The van der Waals surface area contributed by atoms with Gasteiger partial charge in [-0.3, -0.25) is 15.2 Å².